The highest BCUT2D eigenvalue weighted by Crippen LogP contribution is 2.30. The molecule has 24 heavy (non-hydrogen) atoms. The fourth-order valence-corrected chi connectivity index (χ4v) is 3.09. The molecule has 0 bridgehead atoms. The molecule has 0 spiro atoms. The van der Waals surface area contributed by atoms with Crippen molar-refractivity contribution in [3.63, 3.8) is 0 Å². The van der Waals surface area contributed by atoms with Gasteiger partial charge in [0.15, 0.2) is 6.61 Å². The van der Waals surface area contributed by atoms with E-state index in [9.17, 15) is 4.79 Å². The summed E-state index contributed by atoms with van der Waals surface area (Å²) in [5.41, 5.74) is 3.81. The second kappa shape index (κ2) is 6.85. The lowest BCUT2D eigenvalue weighted by Crippen LogP contribution is -2.21. The van der Waals surface area contributed by atoms with Crippen molar-refractivity contribution in [2.75, 3.05) is 11.9 Å². The maximum Gasteiger partial charge on any atom is 0.264 e. The number of fused-ring (bicyclic) bond motifs is 1. The normalized spacial score (nSPS) is 16.6. The van der Waals surface area contributed by atoms with E-state index >= 15 is 0 Å². The zero-order valence-electron chi connectivity index (χ0n) is 14.1. The number of carbonyl (C=O) groups excluding carboxylic acids is 1. The third-order valence-electron chi connectivity index (χ3n) is 4.33. The number of aromatic nitrogens is 1. The van der Waals surface area contributed by atoms with E-state index in [2.05, 4.69) is 17.4 Å². The maximum absolute atomic E-state index is 12.1. The molecule has 0 fully saturated rings. The predicted octanol–water partition coefficient (Wildman–Crippen LogP) is 4.09. The molecule has 3 rings (SSSR count). The summed E-state index contributed by atoms with van der Waals surface area (Å²) in [7, 11) is 0. The molecule has 1 aromatic carbocycles. The van der Waals surface area contributed by atoms with Gasteiger partial charge >= 0.3 is 0 Å². The summed E-state index contributed by atoms with van der Waals surface area (Å²) in [5.74, 6) is 1.38. The molecule has 0 saturated heterocycles. The highest BCUT2D eigenvalue weighted by Gasteiger charge is 2.24. The first-order valence-corrected chi connectivity index (χ1v) is 8.48. The Morgan fingerprint density at radius 2 is 2.12 bits per heavy atom. The smallest absolute Gasteiger partial charge is 0.264 e. The van der Waals surface area contributed by atoms with Crippen LogP contribution in [-0.4, -0.2) is 17.7 Å². The molecular formula is C18H21ClN2O3. The van der Waals surface area contributed by atoms with Gasteiger partial charge in [-0.25, -0.2) is 0 Å². The average molecular weight is 349 g/mol. The van der Waals surface area contributed by atoms with Gasteiger partial charge in [0, 0.05) is 10.6 Å². The van der Waals surface area contributed by atoms with Crippen LogP contribution in [0.3, 0.4) is 0 Å². The lowest BCUT2D eigenvalue weighted by Gasteiger charge is -2.16. The molecule has 0 unspecified atom stereocenters. The Hall–Kier alpha value is -2.01. The third-order valence-corrected chi connectivity index (χ3v) is 4.93. The number of halogens is 1. The lowest BCUT2D eigenvalue weighted by atomic mass is 9.89. The Bertz CT molecular complexity index is 747. The SMILES string of the molecule is Cc1cc(OCC(=O)Nc2onc3c2C[C@@H](C)CC3)cc(C)c1Cl. The molecule has 0 saturated carbocycles. The minimum absolute atomic E-state index is 0.0917. The van der Waals surface area contributed by atoms with Gasteiger partial charge in [-0.15, -0.1) is 0 Å². The second-order valence-corrected chi connectivity index (χ2v) is 6.87. The largest absolute Gasteiger partial charge is 0.484 e. The van der Waals surface area contributed by atoms with E-state index in [1.807, 2.05) is 26.0 Å². The number of nitrogens with zero attached hydrogens (tertiary/aromatic N) is 1. The van der Waals surface area contributed by atoms with Gasteiger partial charge in [0.05, 0.1) is 5.69 Å². The zero-order chi connectivity index (χ0) is 17.3. The quantitative estimate of drug-likeness (QED) is 0.903. The van der Waals surface area contributed by atoms with Gasteiger partial charge in [-0.3, -0.25) is 10.1 Å². The van der Waals surface area contributed by atoms with Gasteiger partial charge < -0.3 is 9.26 Å². The summed E-state index contributed by atoms with van der Waals surface area (Å²) in [6, 6.07) is 3.64. The van der Waals surface area contributed by atoms with E-state index in [0.29, 0.717) is 22.6 Å². The van der Waals surface area contributed by atoms with Crippen molar-refractivity contribution >= 4 is 23.4 Å². The number of hydrogen-bond acceptors (Lipinski definition) is 4. The summed E-state index contributed by atoms with van der Waals surface area (Å²) >= 11 is 6.13. The van der Waals surface area contributed by atoms with Gasteiger partial charge in [-0.05, 0) is 62.3 Å². The fourth-order valence-electron chi connectivity index (χ4n) is 2.98. The van der Waals surface area contributed by atoms with Gasteiger partial charge in [-0.1, -0.05) is 23.7 Å². The standard InChI is InChI=1S/C18H21ClN2O3/c1-10-4-5-15-14(6-10)18(24-21-15)20-16(22)9-23-13-7-11(2)17(19)12(3)8-13/h7-8,10H,4-6,9H2,1-3H3,(H,20,22)/t10-/m0/s1. The van der Waals surface area contributed by atoms with Crippen molar-refractivity contribution in [3.05, 3.63) is 39.5 Å². The fraction of sp³-hybridized carbons (Fsp3) is 0.444. The molecule has 5 nitrogen and oxygen atoms in total. The number of anilines is 1. The summed E-state index contributed by atoms with van der Waals surface area (Å²) in [6.07, 6.45) is 2.88. The molecule has 6 heteroatoms. The van der Waals surface area contributed by atoms with Crippen LogP contribution in [0.5, 0.6) is 5.75 Å². The topological polar surface area (TPSA) is 64.4 Å². The van der Waals surface area contributed by atoms with E-state index in [0.717, 1.165) is 41.6 Å². The number of aryl methyl sites for hydroxylation is 3. The van der Waals surface area contributed by atoms with Crippen molar-refractivity contribution in [1.29, 1.82) is 0 Å². The first kappa shape index (κ1) is 16.8. The number of hydrogen-bond donors (Lipinski definition) is 1. The summed E-state index contributed by atoms with van der Waals surface area (Å²) in [4.78, 5) is 12.1. The van der Waals surface area contributed by atoms with Crippen LogP contribution in [0.1, 0.15) is 35.7 Å². The Morgan fingerprint density at radius 3 is 2.83 bits per heavy atom. The number of nitrogens with one attached hydrogen (secondary N) is 1. The van der Waals surface area contributed by atoms with E-state index in [1.54, 1.807) is 0 Å². The molecule has 1 atom stereocenters. The van der Waals surface area contributed by atoms with E-state index < -0.39 is 0 Å². The van der Waals surface area contributed by atoms with Crippen LogP contribution in [0.15, 0.2) is 16.7 Å². The molecule has 128 valence electrons. The van der Waals surface area contributed by atoms with E-state index in [-0.39, 0.29) is 12.5 Å². The van der Waals surface area contributed by atoms with Crippen LogP contribution >= 0.6 is 11.6 Å². The molecule has 0 radical (unpaired) electrons. The first-order valence-electron chi connectivity index (χ1n) is 8.11. The molecule has 2 aromatic rings. The van der Waals surface area contributed by atoms with Crippen molar-refractivity contribution in [2.24, 2.45) is 5.92 Å². The highest BCUT2D eigenvalue weighted by molar-refractivity contribution is 6.32. The predicted molar refractivity (Wildman–Crippen MR) is 92.7 cm³/mol. The molecule has 1 aliphatic carbocycles. The monoisotopic (exact) mass is 348 g/mol. The summed E-state index contributed by atoms with van der Waals surface area (Å²) in [5, 5.41) is 7.53. The number of ether oxygens (including phenoxy) is 1. The molecule has 1 heterocycles. The molecule has 0 aliphatic heterocycles. The zero-order valence-corrected chi connectivity index (χ0v) is 14.9. The summed E-state index contributed by atoms with van der Waals surface area (Å²) < 4.78 is 10.9. The lowest BCUT2D eigenvalue weighted by molar-refractivity contribution is -0.118. The van der Waals surface area contributed by atoms with Crippen LogP contribution in [0, 0.1) is 19.8 Å². The Balaban J connectivity index is 1.62. The van der Waals surface area contributed by atoms with Gasteiger partial charge in [0.1, 0.15) is 5.75 Å². The number of benzene rings is 1. The van der Waals surface area contributed by atoms with Gasteiger partial charge in [0.2, 0.25) is 5.88 Å². The van der Waals surface area contributed by atoms with Crippen molar-refractivity contribution in [1.82, 2.24) is 5.16 Å². The first-order chi connectivity index (χ1) is 11.4. The molecule has 1 amide bonds. The number of rotatable bonds is 4. The molecular weight excluding hydrogens is 328 g/mol. The molecule has 1 aliphatic rings. The van der Waals surface area contributed by atoms with E-state index in [1.165, 1.54) is 0 Å². The Morgan fingerprint density at radius 1 is 1.42 bits per heavy atom. The molecule has 1 aromatic heterocycles. The average Bonchev–Trinajstić information content (AvgIpc) is 2.92. The van der Waals surface area contributed by atoms with Crippen LogP contribution in [0.4, 0.5) is 5.88 Å². The maximum atomic E-state index is 12.1. The van der Waals surface area contributed by atoms with Gasteiger partial charge in [0.25, 0.3) is 5.91 Å². The second-order valence-electron chi connectivity index (χ2n) is 6.49. The summed E-state index contributed by atoms with van der Waals surface area (Å²) in [6.45, 7) is 5.91. The van der Waals surface area contributed by atoms with Crippen LogP contribution < -0.4 is 10.1 Å². The van der Waals surface area contributed by atoms with Crippen molar-refractivity contribution in [3.8, 4) is 5.75 Å². The van der Waals surface area contributed by atoms with Crippen LogP contribution in [-0.2, 0) is 17.6 Å². The van der Waals surface area contributed by atoms with Crippen molar-refractivity contribution in [2.45, 2.75) is 40.0 Å². The minimum Gasteiger partial charge on any atom is -0.484 e. The Labute approximate surface area is 146 Å². The third kappa shape index (κ3) is 3.56. The van der Waals surface area contributed by atoms with Gasteiger partial charge in [-0.2, -0.15) is 0 Å². The minimum atomic E-state index is -0.266. The van der Waals surface area contributed by atoms with Crippen molar-refractivity contribution < 1.29 is 14.1 Å². The number of amides is 1. The Kier molecular flexibility index (Phi) is 4.81. The van der Waals surface area contributed by atoms with E-state index in [4.69, 9.17) is 20.9 Å². The number of carbonyl (C=O) groups is 1. The molecule has 1 N–H and O–H groups in total. The van der Waals surface area contributed by atoms with Crippen LogP contribution in [0.2, 0.25) is 5.02 Å². The highest BCUT2D eigenvalue weighted by atomic mass is 35.5. The van der Waals surface area contributed by atoms with Crippen LogP contribution in [0.25, 0.3) is 0 Å².